The number of rotatable bonds is 8. The summed E-state index contributed by atoms with van der Waals surface area (Å²) in [5.74, 6) is 2.21. The Bertz CT molecular complexity index is 408. The Morgan fingerprint density at radius 3 is 2.42 bits per heavy atom. The largest absolute Gasteiger partial charge is 0.370 e. The number of carbonyl (C=O) groups is 1. The van der Waals surface area contributed by atoms with Gasteiger partial charge in [-0.3, -0.25) is 4.79 Å². The molecule has 19 heavy (non-hydrogen) atoms. The summed E-state index contributed by atoms with van der Waals surface area (Å²) in [4.78, 5) is 20.1. The lowest BCUT2D eigenvalue weighted by atomic mass is 10.3. The van der Waals surface area contributed by atoms with Crippen LogP contribution in [0, 0.1) is 0 Å². The van der Waals surface area contributed by atoms with Crippen molar-refractivity contribution in [1.29, 1.82) is 0 Å². The van der Waals surface area contributed by atoms with E-state index in [1.807, 2.05) is 6.07 Å². The van der Waals surface area contributed by atoms with Crippen LogP contribution in [0.2, 0.25) is 0 Å². The monoisotopic (exact) mass is 265 g/mol. The van der Waals surface area contributed by atoms with Crippen LogP contribution in [0.4, 0.5) is 11.6 Å². The van der Waals surface area contributed by atoms with E-state index in [-0.39, 0.29) is 12.5 Å². The van der Waals surface area contributed by atoms with Crippen molar-refractivity contribution in [2.75, 3.05) is 30.8 Å². The molecule has 0 fully saturated rings. The van der Waals surface area contributed by atoms with E-state index in [1.54, 1.807) is 7.05 Å². The second kappa shape index (κ2) is 8.29. The summed E-state index contributed by atoms with van der Waals surface area (Å²) >= 11 is 0. The van der Waals surface area contributed by atoms with E-state index in [0.717, 1.165) is 37.4 Å². The minimum atomic E-state index is -0.0706. The van der Waals surface area contributed by atoms with Crippen LogP contribution in [0.3, 0.4) is 0 Å². The average Bonchev–Trinajstić information content (AvgIpc) is 2.42. The standard InChI is InChI=1S/C13H23N5O/c1-4-6-10-17-11(15-7-5-2)8-12(18-10)16-9-13(19)14-3/h8H,4-7,9H2,1-3H3,(H,14,19)(H2,15,16,17,18). The normalized spacial score (nSPS) is 10.1. The van der Waals surface area contributed by atoms with Gasteiger partial charge in [-0.25, -0.2) is 9.97 Å². The second-order valence-electron chi connectivity index (χ2n) is 4.26. The molecule has 0 saturated heterocycles. The molecule has 0 aliphatic rings. The predicted molar refractivity (Wildman–Crippen MR) is 77.4 cm³/mol. The number of anilines is 2. The Hall–Kier alpha value is -1.85. The molecule has 0 unspecified atom stereocenters. The fourth-order valence-electron chi connectivity index (χ4n) is 1.53. The zero-order chi connectivity index (χ0) is 14.1. The van der Waals surface area contributed by atoms with Gasteiger partial charge in [0, 0.05) is 26.1 Å². The molecule has 0 bridgehead atoms. The van der Waals surface area contributed by atoms with Crippen molar-refractivity contribution in [3.63, 3.8) is 0 Å². The number of aryl methyl sites for hydroxylation is 1. The van der Waals surface area contributed by atoms with Crippen LogP contribution in [-0.2, 0) is 11.2 Å². The number of likely N-dealkylation sites (N-methyl/N-ethyl adjacent to an activating group) is 1. The van der Waals surface area contributed by atoms with E-state index in [9.17, 15) is 4.79 Å². The van der Waals surface area contributed by atoms with Crippen LogP contribution in [-0.4, -0.2) is 36.0 Å². The third-order valence-electron chi connectivity index (χ3n) is 2.51. The highest BCUT2D eigenvalue weighted by Crippen LogP contribution is 2.12. The SMILES string of the molecule is CCCNc1cc(NCC(=O)NC)nc(CCC)n1. The van der Waals surface area contributed by atoms with Crippen LogP contribution in [0.15, 0.2) is 6.07 Å². The zero-order valence-electron chi connectivity index (χ0n) is 11.9. The molecular weight excluding hydrogens is 242 g/mol. The van der Waals surface area contributed by atoms with E-state index in [4.69, 9.17) is 0 Å². The number of hydrogen-bond donors (Lipinski definition) is 3. The van der Waals surface area contributed by atoms with Crippen molar-refractivity contribution < 1.29 is 4.79 Å². The molecule has 0 aromatic carbocycles. The van der Waals surface area contributed by atoms with E-state index in [1.165, 1.54) is 0 Å². The number of hydrogen-bond acceptors (Lipinski definition) is 5. The minimum absolute atomic E-state index is 0.0706. The lowest BCUT2D eigenvalue weighted by molar-refractivity contribution is -0.118. The summed E-state index contributed by atoms with van der Waals surface area (Å²) in [6, 6.07) is 1.83. The number of carbonyl (C=O) groups excluding carboxylic acids is 1. The molecule has 6 heteroatoms. The summed E-state index contributed by atoms with van der Waals surface area (Å²) in [5.41, 5.74) is 0. The summed E-state index contributed by atoms with van der Waals surface area (Å²) in [6.07, 6.45) is 2.86. The van der Waals surface area contributed by atoms with Crippen molar-refractivity contribution in [2.24, 2.45) is 0 Å². The van der Waals surface area contributed by atoms with Crippen molar-refractivity contribution in [2.45, 2.75) is 33.1 Å². The Kier molecular flexibility index (Phi) is 6.63. The first-order valence-electron chi connectivity index (χ1n) is 6.75. The van der Waals surface area contributed by atoms with Crippen molar-refractivity contribution >= 4 is 17.5 Å². The molecule has 1 heterocycles. The van der Waals surface area contributed by atoms with Crippen LogP contribution in [0.25, 0.3) is 0 Å². The topological polar surface area (TPSA) is 78.9 Å². The van der Waals surface area contributed by atoms with E-state index in [2.05, 4.69) is 39.8 Å². The van der Waals surface area contributed by atoms with Crippen molar-refractivity contribution in [3.05, 3.63) is 11.9 Å². The summed E-state index contributed by atoms with van der Waals surface area (Å²) in [5, 5.41) is 8.81. The predicted octanol–water partition coefficient (Wildman–Crippen LogP) is 1.41. The second-order valence-corrected chi connectivity index (χ2v) is 4.26. The molecule has 106 valence electrons. The van der Waals surface area contributed by atoms with Gasteiger partial charge in [0.05, 0.1) is 6.54 Å². The van der Waals surface area contributed by atoms with E-state index >= 15 is 0 Å². The summed E-state index contributed by atoms with van der Waals surface area (Å²) < 4.78 is 0. The lowest BCUT2D eigenvalue weighted by Gasteiger charge is -2.10. The van der Waals surface area contributed by atoms with Gasteiger partial charge in [0.15, 0.2) is 0 Å². The summed E-state index contributed by atoms with van der Waals surface area (Å²) in [7, 11) is 1.61. The third kappa shape index (κ3) is 5.54. The molecule has 6 nitrogen and oxygen atoms in total. The molecule has 0 aliphatic carbocycles. The molecule has 0 spiro atoms. The minimum Gasteiger partial charge on any atom is -0.370 e. The highest BCUT2D eigenvalue weighted by Gasteiger charge is 2.05. The van der Waals surface area contributed by atoms with Gasteiger partial charge >= 0.3 is 0 Å². The van der Waals surface area contributed by atoms with Crippen LogP contribution >= 0.6 is 0 Å². The van der Waals surface area contributed by atoms with Gasteiger partial charge in [0.2, 0.25) is 5.91 Å². The molecule has 0 radical (unpaired) electrons. The molecular formula is C13H23N5O. The number of aromatic nitrogens is 2. The molecule has 1 rings (SSSR count). The van der Waals surface area contributed by atoms with E-state index in [0.29, 0.717) is 5.82 Å². The molecule has 0 aliphatic heterocycles. The first-order valence-corrected chi connectivity index (χ1v) is 6.75. The number of nitrogens with zero attached hydrogens (tertiary/aromatic N) is 2. The van der Waals surface area contributed by atoms with Crippen molar-refractivity contribution in [3.8, 4) is 0 Å². The maximum absolute atomic E-state index is 11.2. The van der Waals surface area contributed by atoms with Gasteiger partial charge in [-0.2, -0.15) is 0 Å². The maximum Gasteiger partial charge on any atom is 0.239 e. The summed E-state index contributed by atoms with van der Waals surface area (Å²) in [6.45, 7) is 5.28. The van der Waals surface area contributed by atoms with Crippen molar-refractivity contribution in [1.82, 2.24) is 15.3 Å². The third-order valence-corrected chi connectivity index (χ3v) is 2.51. The Balaban J connectivity index is 2.76. The van der Waals surface area contributed by atoms with E-state index < -0.39 is 0 Å². The highest BCUT2D eigenvalue weighted by atomic mass is 16.1. The number of nitrogens with one attached hydrogen (secondary N) is 3. The molecule has 1 aromatic heterocycles. The molecule has 0 atom stereocenters. The maximum atomic E-state index is 11.2. The molecule has 0 saturated carbocycles. The molecule has 1 amide bonds. The van der Waals surface area contributed by atoms with Gasteiger partial charge < -0.3 is 16.0 Å². The Morgan fingerprint density at radius 1 is 1.16 bits per heavy atom. The fourth-order valence-corrected chi connectivity index (χ4v) is 1.53. The Morgan fingerprint density at radius 2 is 1.84 bits per heavy atom. The quantitative estimate of drug-likeness (QED) is 0.662. The van der Waals surface area contributed by atoms with Gasteiger partial charge in [-0.15, -0.1) is 0 Å². The van der Waals surface area contributed by atoms with Crippen LogP contribution in [0.1, 0.15) is 32.5 Å². The number of amides is 1. The van der Waals surface area contributed by atoms with Crippen LogP contribution < -0.4 is 16.0 Å². The zero-order valence-corrected chi connectivity index (χ0v) is 11.9. The highest BCUT2D eigenvalue weighted by molar-refractivity contribution is 5.80. The average molecular weight is 265 g/mol. The van der Waals surface area contributed by atoms with Gasteiger partial charge in [-0.05, 0) is 12.8 Å². The Labute approximate surface area is 114 Å². The van der Waals surface area contributed by atoms with Crippen LogP contribution in [0.5, 0.6) is 0 Å². The molecule has 3 N–H and O–H groups in total. The lowest BCUT2D eigenvalue weighted by Crippen LogP contribution is -2.26. The smallest absolute Gasteiger partial charge is 0.239 e. The fraction of sp³-hybridized carbons (Fsp3) is 0.615. The molecule has 1 aromatic rings. The first kappa shape index (κ1) is 15.2. The first-order chi connectivity index (χ1) is 9.19. The van der Waals surface area contributed by atoms with Gasteiger partial charge in [-0.1, -0.05) is 13.8 Å². The van der Waals surface area contributed by atoms with Gasteiger partial charge in [0.25, 0.3) is 0 Å². The van der Waals surface area contributed by atoms with Gasteiger partial charge in [0.1, 0.15) is 17.5 Å².